The molecule has 2 heterocycles. The van der Waals surface area contributed by atoms with E-state index in [2.05, 4.69) is 81.8 Å². The molecule has 2 nitrogen and oxygen atoms in total. The van der Waals surface area contributed by atoms with Gasteiger partial charge in [0.1, 0.15) is 16.8 Å². The monoisotopic (exact) mass is 348 g/mol. The average molecular weight is 349 g/mol. The van der Waals surface area contributed by atoms with E-state index in [1.807, 2.05) is 6.07 Å². The maximum absolute atomic E-state index is 6.28. The molecule has 1 aliphatic carbocycles. The van der Waals surface area contributed by atoms with Crippen molar-refractivity contribution in [1.82, 2.24) is 0 Å². The van der Waals surface area contributed by atoms with E-state index in [9.17, 15) is 0 Å². The highest BCUT2D eigenvalue weighted by atomic mass is 16.3. The molecule has 2 heteroatoms. The highest BCUT2D eigenvalue weighted by molar-refractivity contribution is 5.81. The van der Waals surface area contributed by atoms with Gasteiger partial charge in [0, 0.05) is 37.1 Å². The van der Waals surface area contributed by atoms with Crippen molar-refractivity contribution in [2.45, 2.75) is 64.8 Å². The third-order valence-electron chi connectivity index (χ3n) is 6.19. The minimum atomic E-state index is -0.0880. The molecule has 2 unspecified atom stereocenters. The standard InChI is InChI=1S/C24H30NO/c1-6-18-12-9-10-17(2)22(18)25-16-24(5,15-23(25,3)4)21-14-19-11-7-8-13-20(19)26-21/h7-11,13-14,16,18H,6,12,15H2,1-5H3/q+1. The summed E-state index contributed by atoms with van der Waals surface area (Å²) in [5, 5.41) is 1.19. The Balaban J connectivity index is 1.83. The second-order valence-corrected chi connectivity index (χ2v) is 8.87. The van der Waals surface area contributed by atoms with Gasteiger partial charge in [-0.2, -0.15) is 4.58 Å². The lowest BCUT2D eigenvalue weighted by molar-refractivity contribution is -0.551. The predicted molar refractivity (Wildman–Crippen MR) is 109 cm³/mol. The predicted octanol–water partition coefficient (Wildman–Crippen LogP) is 6.22. The molecule has 1 aromatic heterocycles. The number of rotatable bonds is 3. The van der Waals surface area contributed by atoms with Crippen LogP contribution in [0.1, 0.15) is 59.6 Å². The van der Waals surface area contributed by atoms with Crippen LogP contribution >= 0.6 is 0 Å². The van der Waals surface area contributed by atoms with Gasteiger partial charge in [0.05, 0.1) is 0 Å². The fraction of sp³-hybridized carbons (Fsp3) is 0.458. The molecular formula is C24H30NO+. The summed E-state index contributed by atoms with van der Waals surface area (Å²) in [6.45, 7) is 11.6. The number of furan rings is 1. The van der Waals surface area contributed by atoms with Gasteiger partial charge >= 0.3 is 0 Å². The van der Waals surface area contributed by atoms with Crippen LogP contribution in [0.25, 0.3) is 11.0 Å². The van der Waals surface area contributed by atoms with Crippen molar-refractivity contribution < 1.29 is 8.99 Å². The SMILES string of the molecule is CCC1CC=CC(C)=C1[N+]1=CC(C)(c2cc3ccccc3o2)CC1(C)C. The highest BCUT2D eigenvalue weighted by Gasteiger charge is 2.52. The van der Waals surface area contributed by atoms with Gasteiger partial charge in [0.15, 0.2) is 17.5 Å². The number of benzene rings is 1. The van der Waals surface area contributed by atoms with Gasteiger partial charge in [-0.1, -0.05) is 37.3 Å². The van der Waals surface area contributed by atoms with E-state index in [0.29, 0.717) is 5.92 Å². The van der Waals surface area contributed by atoms with Crippen LogP contribution in [0.4, 0.5) is 0 Å². The molecule has 0 bridgehead atoms. The summed E-state index contributed by atoms with van der Waals surface area (Å²) in [6, 6.07) is 10.5. The molecule has 0 saturated carbocycles. The van der Waals surface area contributed by atoms with Crippen molar-refractivity contribution >= 4 is 17.2 Å². The second kappa shape index (κ2) is 5.97. The van der Waals surface area contributed by atoms with Crippen molar-refractivity contribution in [2.75, 3.05) is 0 Å². The van der Waals surface area contributed by atoms with Crippen LogP contribution in [0.15, 0.2) is 58.2 Å². The third kappa shape index (κ3) is 2.67. The van der Waals surface area contributed by atoms with Crippen molar-refractivity contribution in [2.24, 2.45) is 5.92 Å². The molecule has 26 heavy (non-hydrogen) atoms. The molecule has 2 aromatic rings. The molecule has 4 rings (SSSR count). The summed E-state index contributed by atoms with van der Waals surface area (Å²) < 4.78 is 8.84. The Morgan fingerprint density at radius 2 is 1.96 bits per heavy atom. The average Bonchev–Trinajstić information content (AvgIpc) is 3.14. The Morgan fingerprint density at radius 1 is 1.19 bits per heavy atom. The first-order valence-electron chi connectivity index (χ1n) is 9.86. The largest absolute Gasteiger partial charge is 0.460 e. The van der Waals surface area contributed by atoms with Gasteiger partial charge in [-0.15, -0.1) is 0 Å². The van der Waals surface area contributed by atoms with E-state index in [4.69, 9.17) is 4.42 Å². The lowest BCUT2D eigenvalue weighted by Crippen LogP contribution is -2.35. The molecule has 0 saturated heterocycles. The number of hydrogen-bond acceptors (Lipinski definition) is 1. The zero-order valence-corrected chi connectivity index (χ0v) is 16.7. The fourth-order valence-electron chi connectivity index (χ4n) is 4.97. The Bertz CT molecular complexity index is 907. The zero-order chi connectivity index (χ0) is 18.5. The van der Waals surface area contributed by atoms with Gasteiger partial charge in [0.25, 0.3) is 0 Å². The first kappa shape index (κ1) is 17.3. The quantitative estimate of drug-likeness (QED) is 0.602. The summed E-state index contributed by atoms with van der Waals surface area (Å²) in [4.78, 5) is 0. The Morgan fingerprint density at radius 3 is 2.69 bits per heavy atom. The molecule has 0 fully saturated rings. The van der Waals surface area contributed by atoms with Crippen molar-refractivity contribution in [3.63, 3.8) is 0 Å². The third-order valence-corrected chi connectivity index (χ3v) is 6.19. The van der Waals surface area contributed by atoms with E-state index >= 15 is 0 Å². The number of fused-ring (bicyclic) bond motifs is 1. The summed E-state index contributed by atoms with van der Waals surface area (Å²) in [5.41, 5.74) is 3.87. The minimum Gasteiger partial charge on any atom is -0.460 e. The van der Waals surface area contributed by atoms with Crippen molar-refractivity contribution in [1.29, 1.82) is 0 Å². The normalized spacial score (nSPS) is 28.0. The molecular weight excluding hydrogens is 318 g/mol. The maximum atomic E-state index is 6.28. The van der Waals surface area contributed by atoms with Gasteiger partial charge in [0.2, 0.25) is 0 Å². The van der Waals surface area contributed by atoms with Crippen LogP contribution in [0.5, 0.6) is 0 Å². The van der Waals surface area contributed by atoms with Crippen LogP contribution in [-0.4, -0.2) is 16.3 Å². The first-order chi connectivity index (χ1) is 12.3. The van der Waals surface area contributed by atoms with Crippen molar-refractivity contribution in [3.8, 4) is 0 Å². The summed E-state index contributed by atoms with van der Waals surface area (Å²) in [7, 11) is 0. The lowest BCUT2D eigenvalue weighted by atomic mass is 9.80. The second-order valence-electron chi connectivity index (χ2n) is 8.87. The molecule has 0 spiro atoms. The van der Waals surface area contributed by atoms with Gasteiger partial charge in [-0.25, -0.2) is 0 Å². The number of hydrogen-bond donors (Lipinski definition) is 0. The molecule has 2 aliphatic rings. The van der Waals surface area contributed by atoms with E-state index in [-0.39, 0.29) is 11.0 Å². The van der Waals surface area contributed by atoms with E-state index in [0.717, 1.165) is 24.2 Å². The fourth-order valence-corrected chi connectivity index (χ4v) is 4.97. The molecule has 1 aromatic carbocycles. The molecule has 0 amide bonds. The van der Waals surface area contributed by atoms with Crippen LogP contribution < -0.4 is 0 Å². The van der Waals surface area contributed by atoms with Crippen LogP contribution in [0.3, 0.4) is 0 Å². The minimum absolute atomic E-state index is 0.0723. The van der Waals surface area contributed by atoms with Crippen LogP contribution in [0.2, 0.25) is 0 Å². The zero-order valence-electron chi connectivity index (χ0n) is 16.7. The molecule has 0 radical (unpaired) electrons. The van der Waals surface area contributed by atoms with Gasteiger partial charge in [-0.05, 0) is 38.8 Å². The Hall–Kier alpha value is -2.09. The highest BCUT2D eigenvalue weighted by Crippen LogP contribution is 2.44. The summed E-state index contributed by atoms with van der Waals surface area (Å²) >= 11 is 0. The molecule has 2 atom stereocenters. The molecule has 0 N–H and O–H groups in total. The lowest BCUT2D eigenvalue weighted by Gasteiger charge is -2.26. The Labute approximate surface area is 156 Å². The van der Waals surface area contributed by atoms with Crippen LogP contribution in [0, 0.1) is 5.92 Å². The van der Waals surface area contributed by atoms with Crippen molar-refractivity contribution in [3.05, 3.63) is 59.5 Å². The molecule has 1 aliphatic heterocycles. The first-order valence-corrected chi connectivity index (χ1v) is 9.86. The molecule has 136 valence electrons. The number of nitrogens with zero attached hydrogens (tertiary/aromatic N) is 1. The summed E-state index contributed by atoms with van der Waals surface area (Å²) in [6.07, 6.45) is 10.4. The van der Waals surface area contributed by atoms with Gasteiger partial charge in [-0.3, -0.25) is 0 Å². The van der Waals surface area contributed by atoms with E-state index in [1.165, 1.54) is 23.1 Å². The Kier molecular flexibility index (Phi) is 3.98. The number of para-hydroxylation sites is 1. The van der Waals surface area contributed by atoms with Gasteiger partial charge < -0.3 is 4.42 Å². The van der Waals surface area contributed by atoms with E-state index in [1.54, 1.807) is 0 Å². The van der Waals surface area contributed by atoms with E-state index < -0.39 is 0 Å². The number of allylic oxidation sites excluding steroid dienone is 4. The smallest absolute Gasteiger partial charge is 0.187 e. The van der Waals surface area contributed by atoms with Crippen LogP contribution in [-0.2, 0) is 5.41 Å². The summed E-state index contributed by atoms with van der Waals surface area (Å²) in [5.74, 6) is 1.68. The maximum Gasteiger partial charge on any atom is 0.187 e. The topological polar surface area (TPSA) is 16.1 Å².